The number of carbonyl (C=O) groups is 1. The van der Waals surface area contributed by atoms with Crippen LogP contribution >= 0.6 is 35.9 Å². The maximum Gasteiger partial charge on any atom is 0.322 e. The van der Waals surface area contributed by atoms with Crippen LogP contribution in [-0.2, 0) is 4.79 Å². The summed E-state index contributed by atoms with van der Waals surface area (Å²) in [6, 6.07) is 9.03. The number of hydrazine groups is 1. The number of benzene rings is 1. The van der Waals surface area contributed by atoms with Gasteiger partial charge >= 0.3 is 5.97 Å². The molecule has 0 atom stereocenters. The Kier molecular flexibility index (Phi) is 4.66. The van der Waals surface area contributed by atoms with E-state index in [1.54, 1.807) is 12.1 Å². The minimum absolute atomic E-state index is 0.255. The van der Waals surface area contributed by atoms with Crippen LogP contribution in [0.3, 0.4) is 0 Å². The Hall–Kier alpha value is -0.760. The molecule has 1 aliphatic heterocycles. The van der Waals surface area contributed by atoms with E-state index in [9.17, 15) is 4.79 Å². The summed E-state index contributed by atoms with van der Waals surface area (Å²) in [5, 5.41) is 0. The zero-order chi connectivity index (χ0) is 12.1. The average molecular weight is 286 g/mol. The van der Waals surface area contributed by atoms with Gasteiger partial charge in [0.25, 0.3) is 0 Å². The number of nitrogens with zero attached hydrogens (tertiary/aromatic N) is 1. The molecule has 2 rings (SSSR count). The fourth-order valence-corrected chi connectivity index (χ4v) is 2.92. The highest BCUT2D eigenvalue weighted by Crippen LogP contribution is 2.20. The van der Waals surface area contributed by atoms with Crippen LogP contribution < -0.4 is 10.2 Å². The van der Waals surface area contributed by atoms with Gasteiger partial charge in [-0.3, -0.25) is 10.2 Å². The second kappa shape index (κ2) is 6.25. The van der Waals surface area contributed by atoms with Crippen LogP contribution in [0, 0.1) is 0 Å². The van der Waals surface area contributed by atoms with E-state index in [2.05, 4.69) is 5.43 Å². The van der Waals surface area contributed by atoms with Gasteiger partial charge in [0.2, 0.25) is 0 Å². The lowest BCUT2D eigenvalue weighted by atomic mass is 10.3. The summed E-state index contributed by atoms with van der Waals surface area (Å²) in [5.74, 6) is 1.29. The van der Waals surface area contributed by atoms with Gasteiger partial charge in [0.05, 0.1) is 5.88 Å². The monoisotopic (exact) mass is 286 g/mol. The number of hydrogen-bond acceptors (Lipinski definition) is 6. The Balaban J connectivity index is 1.73. The predicted octanol–water partition coefficient (Wildman–Crippen LogP) is 2.04. The van der Waals surface area contributed by atoms with E-state index in [-0.39, 0.29) is 11.7 Å². The maximum atomic E-state index is 11.5. The van der Waals surface area contributed by atoms with Crippen molar-refractivity contribution in [2.24, 2.45) is 0 Å². The van der Waals surface area contributed by atoms with Gasteiger partial charge in [0.1, 0.15) is 15.8 Å². The highest BCUT2D eigenvalue weighted by Gasteiger charge is 2.18. The van der Waals surface area contributed by atoms with E-state index in [1.807, 2.05) is 22.6 Å². The van der Waals surface area contributed by atoms with E-state index < -0.39 is 0 Å². The van der Waals surface area contributed by atoms with Gasteiger partial charge in [-0.25, -0.2) is 0 Å². The molecule has 7 heteroatoms. The summed E-state index contributed by atoms with van der Waals surface area (Å²) in [6.07, 6.45) is 0. The lowest BCUT2D eigenvalue weighted by molar-refractivity contribution is -0.131. The summed E-state index contributed by atoms with van der Waals surface area (Å²) >= 11 is 7.85. The SMILES string of the molecule is O=C(CSN1CSC(=S)N1)Oc1ccccc1. The molecule has 1 saturated heterocycles. The summed E-state index contributed by atoms with van der Waals surface area (Å²) in [6.45, 7) is 0. The van der Waals surface area contributed by atoms with Gasteiger partial charge in [-0.2, -0.15) is 4.41 Å². The summed E-state index contributed by atoms with van der Waals surface area (Å²) in [4.78, 5) is 11.5. The molecule has 1 aliphatic rings. The number of ether oxygens (including phenoxy) is 1. The molecule has 90 valence electrons. The number of hydrogen-bond donors (Lipinski definition) is 1. The number of esters is 1. The third-order valence-electron chi connectivity index (χ3n) is 1.84. The molecule has 0 aliphatic carbocycles. The third kappa shape index (κ3) is 4.19. The van der Waals surface area contributed by atoms with Crippen molar-refractivity contribution in [1.29, 1.82) is 0 Å². The smallest absolute Gasteiger partial charge is 0.322 e. The van der Waals surface area contributed by atoms with Crippen molar-refractivity contribution in [1.82, 2.24) is 9.84 Å². The van der Waals surface area contributed by atoms with Crippen LogP contribution in [0.25, 0.3) is 0 Å². The Morgan fingerprint density at radius 2 is 2.29 bits per heavy atom. The van der Waals surface area contributed by atoms with Gasteiger partial charge in [-0.05, 0) is 24.1 Å². The molecule has 1 aromatic rings. The van der Waals surface area contributed by atoms with Crippen molar-refractivity contribution < 1.29 is 9.53 Å². The second-order valence-electron chi connectivity index (χ2n) is 3.11. The van der Waals surface area contributed by atoms with Crippen LogP contribution in [0.4, 0.5) is 0 Å². The number of thiocarbonyl (C=S) groups is 1. The lowest BCUT2D eigenvalue weighted by Crippen LogP contribution is -2.28. The van der Waals surface area contributed by atoms with Crippen LogP contribution in [0.5, 0.6) is 5.75 Å². The van der Waals surface area contributed by atoms with Crippen molar-refractivity contribution in [2.75, 3.05) is 11.6 Å². The molecular weight excluding hydrogens is 276 g/mol. The van der Waals surface area contributed by atoms with Crippen LogP contribution in [0.15, 0.2) is 30.3 Å². The largest absolute Gasteiger partial charge is 0.426 e. The van der Waals surface area contributed by atoms with E-state index in [1.165, 1.54) is 23.7 Å². The summed E-state index contributed by atoms with van der Waals surface area (Å²) in [5.41, 5.74) is 2.96. The maximum absolute atomic E-state index is 11.5. The first kappa shape index (κ1) is 12.7. The van der Waals surface area contributed by atoms with E-state index >= 15 is 0 Å². The van der Waals surface area contributed by atoms with Crippen LogP contribution in [0.2, 0.25) is 0 Å². The van der Waals surface area contributed by atoms with Crippen LogP contribution in [0.1, 0.15) is 0 Å². The van der Waals surface area contributed by atoms with Crippen molar-refractivity contribution in [3.63, 3.8) is 0 Å². The van der Waals surface area contributed by atoms with Gasteiger partial charge in [0, 0.05) is 0 Å². The third-order valence-corrected chi connectivity index (χ3v) is 4.09. The van der Waals surface area contributed by atoms with Gasteiger partial charge in [-0.1, -0.05) is 42.2 Å². The molecule has 0 radical (unpaired) electrons. The zero-order valence-corrected chi connectivity index (χ0v) is 11.2. The fraction of sp³-hybridized carbons (Fsp3) is 0.200. The van der Waals surface area contributed by atoms with Gasteiger partial charge < -0.3 is 4.74 Å². The molecule has 0 aromatic heterocycles. The van der Waals surface area contributed by atoms with E-state index in [0.717, 1.165) is 10.2 Å². The minimum Gasteiger partial charge on any atom is -0.426 e. The number of carbonyl (C=O) groups excluding carboxylic acids is 1. The topological polar surface area (TPSA) is 41.6 Å². The number of para-hydroxylation sites is 1. The molecule has 0 bridgehead atoms. The second-order valence-corrected chi connectivity index (χ2v) is 5.72. The lowest BCUT2D eigenvalue weighted by Gasteiger charge is -2.12. The van der Waals surface area contributed by atoms with E-state index in [4.69, 9.17) is 17.0 Å². The molecule has 17 heavy (non-hydrogen) atoms. The number of nitrogens with one attached hydrogen (secondary N) is 1. The molecule has 0 saturated carbocycles. The standard InChI is InChI=1S/C10H10N2O2S3/c13-9(14-8-4-2-1-3-5-8)6-17-12-7-16-10(15)11-12/h1-5H,6-7H2,(H,11,15). The molecule has 1 fully saturated rings. The quantitative estimate of drug-likeness (QED) is 0.393. The summed E-state index contributed by atoms with van der Waals surface area (Å²) < 4.78 is 7.70. The fourth-order valence-electron chi connectivity index (χ4n) is 1.13. The average Bonchev–Trinajstić information content (AvgIpc) is 2.74. The number of rotatable bonds is 4. The zero-order valence-electron chi connectivity index (χ0n) is 8.79. The molecule has 1 heterocycles. The van der Waals surface area contributed by atoms with Crippen molar-refractivity contribution >= 4 is 46.2 Å². The Morgan fingerprint density at radius 3 is 2.94 bits per heavy atom. The van der Waals surface area contributed by atoms with Crippen molar-refractivity contribution in [2.45, 2.75) is 0 Å². The molecule has 1 aromatic carbocycles. The molecule has 1 N–H and O–H groups in total. The van der Waals surface area contributed by atoms with Crippen molar-refractivity contribution in [3.8, 4) is 5.75 Å². The number of thioether (sulfide) groups is 1. The van der Waals surface area contributed by atoms with Gasteiger partial charge in [-0.15, -0.1) is 0 Å². The Bertz CT molecular complexity index is 413. The van der Waals surface area contributed by atoms with E-state index in [0.29, 0.717) is 5.75 Å². The summed E-state index contributed by atoms with van der Waals surface area (Å²) in [7, 11) is 0. The Morgan fingerprint density at radius 1 is 1.53 bits per heavy atom. The molecule has 4 nitrogen and oxygen atoms in total. The molecule has 0 spiro atoms. The predicted molar refractivity (Wildman–Crippen MR) is 74.6 cm³/mol. The Labute approximate surface area is 113 Å². The highest BCUT2D eigenvalue weighted by atomic mass is 32.2. The van der Waals surface area contributed by atoms with Crippen molar-refractivity contribution in [3.05, 3.63) is 30.3 Å². The molecular formula is C10H10N2O2S3. The normalized spacial score (nSPS) is 15.6. The first-order valence-corrected chi connectivity index (χ1v) is 7.17. The highest BCUT2D eigenvalue weighted by molar-refractivity contribution is 8.23. The van der Waals surface area contributed by atoms with Crippen LogP contribution in [-0.4, -0.2) is 26.3 Å². The molecule has 0 unspecified atom stereocenters. The molecule has 0 amide bonds. The first-order chi connectivity index (χ1) is 8.24. The first-order valence-electron chi connectivity index (χ1n) is 4.83. The van der Waals surface area contributed by atoms with Gasteiger partial charge in [0.15, 0.2) is 0 Å². The minimum atomic E-state index is -0.272.